The summed E-state index contributed by atoms with van der Waals surface area (Å²) in [6.45, 7) is 4.03. The fourth-order valence-corrected chi connectivity index (χ4v) is 2.09. The summed E-state index contributed by atoms with van der Waals surface area (Å²) in [5.41, 5.74) is 8.79. The Balaban J connectivity index is 2.10. The van der Waals surface area contributed by atoms with Gasteiger partial charge in [0, 0.05) is 17.6 Å². The van der Waals surface area contributed by atoms with Crippen molar-refractivity contribution in [2.45, 2.75) is 13.8 Å². The van der Waals surface area contributed by atoms with Crippen molar-refractivity contribution >= 4 is 16.6 Å². The van der Waals surface area contributed by atoms with Crippen LogP contribution in [0, 0.1) is 19.7 Å². The normalized spacial score (nSPS) is 10.8. The molecule has 2 aromatic heterocycles. The zero-order chi connectivity index (χ0) is 15.0. The molecule has 0 fully saturated rings. The van der Waals surface area contributed by atoms with Gasteiger partial charge in [-0.2, -0.15) is 0 Å². The molecular weight excluding hydrogens is 269 g/mol. The van der Waals surface area contributed by atoms with Crippen molar-refractivity contribution in [3.63, 3.8) is 0 Å². The first-order valence-corrected chi connectivity index (χ1v) is 6.49. The lowest BCUT2D eigenvalue weighted by Gasteiger charge is -2.10. The number of fused-ring (bicyclic) bond motifs is 1. The Morgan fingerprint density at radius 2 is 1.86 bits per heavy atom. The van der Waals surface area contributed by atoms with Crippen molar-refractivity contribution in [3.05, 3.63) is 53.6 Å². The van der Waals surface area contributed by atoms with Crippen LogP contribution in [-0.2, 0) is 0 Å². The first-order valence-electron chi connectivity index (χ1n) is 6.49. The molecule has 0 spiro atoms. The third-order valence-electron chi connectivity index (χ3n) is 3.35. The molecule has 0 radical (unpaired) electrons. The number of anilines is 1. The van der Waals surface area contributed by atoms with Crippen LogP contribution in [0.15, 0.2) is 36.7 Å². The summed E-state index contributed by atoms with van der Waals surface area (Å²) in [4.78, 5) is 8.19. The second kappa shape index (κ2) is 5.01. The first-order chi connectivity index (χ1) is 10.0. The van der Waals surface area contributed by atoms with Crippen LogP contribution in [0.3, 0.4) is 0 Å². The summed E-state index contributed by atoms with van der Waals surface area (Å²) < 4.78 is 19.4. The molecule has 0 saturated heterocycles. The number of pyridine rings is 2. The molecule has 2 N–H and O–H groups in total. The third-order valence-corrected chi connectivity index (χ3v) is 3.35. The maximum atomic E-state index is 13.8. The van der Waals surface area contributed by atoms with E-state index in [2.05, 4.69) is 9.97 Å². The second-order valence-electron chi connectivity index (χ2n) is 4.92. The Kier molecular flexibility index (Phi) is 3.17. The molecule has 0 bridgehead atoms. The Morgan fingerprint density at radius 1 is 1.10 bits per heavy atom. The van der Waals surface area contributed by atoms with E-state index < -0.39 is 5.82 Å². The van der Waals surface area contributed by atoms with Crippen LogP contribution in [0.5, 0.6) is 11.6 Å². The van der Waals surface area contributed by atoms with Gasteiger partial charge in [0.15, 0.2) is 5.82 Å². The summed E-state index contributed by atoms with van der Waals surface area (Å²) in [6, 6.07) is 6.82. The van der Waals surface area contributed by atoms with E-state index in [0.717, 1.165) is 22.0 Å². The third kappa shape index (κ3) is 2.50. The summed E-state index contributed by atoms with van der Waals surface area (Å²) in [5.74, 6) is -0.182. The van der Waals surface area contributed by atoms with E-state index >= 15 is 0 Å². The molecule has 0 aliphatic heterocycles. The maximum Gasteiger partial charge on any atom is 0.256 e. The largest absolute Gasteiger partial charge is 0.436 e. The van der Waals surface area contributed by atoms with Crippen molar-refractivity contribution in [2.75, 3.05) is 5.73 Å². The van der Waals surface area contributed by atoms with Crippen molar-refractivity contribution in [1.82, 2.24) is 9.97 Å². The highest BCUT2D eigenvalue weighted by atomic mass is 19.1. The zero-order valence-electron chi connectivity index (χ0n) is 11.7. The Bertz CT molecular complexity index is 833. The average molecular weight is 283 g/mol. The van der Waals surface area contributed by atoms with Gasteiger partial charge in [-0.1, -0.05) is 0 Å². The SMILES string of the molecule is Cc1cc2nccc(Oc3ncc(N)cc3F)c2cc1C. The van der Waals surface area contributed by atoms with Crippen molar-refractivity contribution < 1.29 is 9.13 Å². The Hall–Kier alpha value is -2.69. The average Bonchev–Trinajstić information content (AvgIpc) is 2.44. The number of benzene rings is 1. The van der Waals surface area contributed by atoms with Crippen molar-refractivity contribution in [1.29, 1.82) is 0 Å². The topological polar surface area (TPSA) is 61.0 Å². The number of halogens is 1. The molecule has 0 saturated carbocycles. The van der Waals surface area contributed by atoms with Gasteiger partial charge in [0.25, 0.3) is 5.88 Å². The number of nitrogen functional groups attached to an aromatic ring is 1. The number of hydrogen-bond donors (Lipinski definition) is 1. The van der Waals surface area contributed by atoms with Crippen molar-refractivity contribution in [3.8, 4) is 11.6 Å². The summed E-state index contributed by atoms with van der Waals surface area (Å²) in [5, 5.41) is 0.818. The molecule has 0 amide bonds. The predicted molar refractivity (Wildman–Crippen MR) is 79.9 cm³/mol. The van der Waals surface area contributed by atoms with E-state index in [1.165, 1.54) is 12.3 Å². The van der Waals surface area contributed by atoms with Crippen LogP contribution in [0.2, 0.25) is 0 Å². The molecule has 3 aromatic rings. The minimum Gasteiger partial charge on any atom is -0.436 e. The molecule has 2 heterocycles. The van der Waals surface area contributed by atoms with Gasteiger partial charge >= 0.3 is 0 Å². The molecule has 0 atom stereocenters. The molecule has 4 nitrogen and oxygen atoms in total. The summed E-state index contributed by atoms with van der Waals surface area (Å²) in [6.07, 6.45) is 2.98. The van der Waals surface area contributed by atoms with Gasteiger partial charge in [-0.25, -0.2) is 9.37 Å². The lowest BCUT2D eigenvalue weighted by atomic mass is 10.1. The van der Waals surface area contributed by atoms with Gasteiger partial charge < -0.3 is 10.5 Å². The number of nitrogens with two attached hydrogens (primary N) is 1. The molecular formula is C16H14FN3O. The van der Waals surface area contributed by atoms with E-state index in [-0.39, 0.29) is 11.6 Å². The highest BCUT2D eigenvalue weighted by Crippen LogP contribution is 2.31. The van der Waals surface area contributed by atoms with E-state index in [0.29, 0.717) is 5.75 Å². The second-order valence-corrected chi connectivity index (χ2v) is 4.92. The molecule has 1 aromatic carbocycles. The van der Waals surface area contributed by atoms with Gasteiger partial charge in [-0.05, 0) is 43.2 Å². The monoisotopic (exact) mass is 283 g/mol. The number of nitrogens with zero attached hydrogens (tertiary/aromatic N) is 2. The number of hydrogen-bond acceptors (Lipinski definition) is 4. The molecule has 0 aliphatic rings. The fourth-order valence-electron chi connectivity index (χ4n) is 2.09. The van der Waals surface area contributed by atoms with Gasteiger partial charge in [0.2, 0.25) is 0 Å². The number of aryl methyl sites for hydroxylation is 2. The Labute approximate surface area is 121 Å². The van der Waals surface area contributed by atoms with Crippen molar-refractivity contribution in [2.24, 2.45) is 0 Å². The van der Waals surface area contributed by atoms with Gasteiger partial charge in [0.1, 0.15) is 5.75 Å². The highest BCUT2D eigenvalue weighted by Gasteiger charge is 2.11. The highest BCUT2D eigenvalue weighted by molar-refractivity contribution is 5.86. The van der Waals surface area contributed by atoms with Crippen LogP contribution in [0.25, 0.3) is 10.9 Å². The maximum absolute atomic E-state index is 13.8. The van der Waals surface area contributed by atoms with E-state index in [4.69, 9.17) is 10.5 Å². The van der Waals surface area contributed by atoms with Crippen LogP contribution in [0.4, 0.5) is 10.1 Å². The molecule has 0 aliphatic carbocycles. The standard InChI is InChI=1S/C16H14FN3O/c1-9-5-12-14(6-10(9)2)19-4-3-15(12)21-16-13(17)7-11(18)8-20-16/h3-8H,18H2,1-2H3. The van der Waals surface area contributed by atoms with E-state index in [1.54, 1.807) is 12.3 Å². The lowest BCUT2D eigenvalue weighted by molar-refractivity contribution is 0.427. The quantitative estimate of drug-likeness (QED) is 0.778. The predicted octanol–water partition coefficient (Wildman–Crippen LogP) is 3.76. The van der Waals surface area contributed by atoms with Crippen LogP contribution < -0.4 is 10.5 Å². The van der Waals surface area contributed by atoms with Gasteiger partial charge in [0.05, 0.1) is 17.4 Å². The smallest absolute Gasteiger partial charge is 0.256 e. The number of rotatable bonds is 2. The summed E-state index contributed by atoms with van der Waals surface area (Å²) in [7, 11) is 0. The molecule has 5 heteroatoms. The van der Waals surface area contributed by atoms with Gasteiger partial charge in [-0.15, -0.1) is 0 Å². The molecule has 106 valence electrons. The van der Waals surface area contributed by atoms with E-state index in [9.17, 15) is 4.39 Å². The summed E-state index contributed by atoms with van der Waals surface area (Å²) >= 11 is 0. The van der Waals surface area contributed by atoms with E-state index in [1.807, 2.05) is 26.0 Å². The molecule has 0 unspecified atom stereocenters. The molecule has 3 rings (SSSR count). The van der Waals surface area contributed by atoms with Crippen LogP contribution in [0.1, 0.15) is 11.1 Å². The number of aromatic nitrogens is 2. The first kappa shape index (κ1) is 13.3. The van der Waals surface area contributed by atoms with Gasteiger partial charge in [-0.3, -0.25) is 4.98 Å². The minimum atomic E-state index is -0.594. The minimum absolute atomic E-state index is 0.102. The van der Waals surface area contributed by atoms with Crippen LogP contribution in [-0.4, -0.2) is 9.97 Å². The van der Waals surface area contributed by atoms with Crippen LogP contribution >= 0.6 is 0 Å². The number of ether oxygens (including phenoxy) is 1. The molecule has 21 heavy (non-hydrogen) atoms. The lowest BCUT2D eigenvalue weighted by Crippen LogP contribution is -1.96. The Morgan fingerprint density at radius 3 is 2.62 bits per heavy atom. The zero-order valence-corrected chi connectivity index (χ0v) is 11.7. The fraction of sp³-hybridized carbons (Fsp3) is 0.125.